The van der Waals surface area contributed by atoms with E-state index in [4.69, 9.17) is 4.74 Å². The van der Waals surface area contributed by atoms with Gasteiger partial charge >= 0.3 is 6.03 Å². The standard InChI is InChI=1S/C13H20N2O2/c1-5-15(3)13(16)14-10(2)11-6-8-12(17-4)9-7-11/h6-10H,5H2,1-4H3,(H,14,16). The maximum absolute atomic E-state index is 11.7. The maximum atomic E-state index is 11.7. The Bertz CT molecular complexity index is 362. The van der Waals surface area contributed by atoms with Crippen LogP contribution in [0.15, 0.2) is 24.3 Å². The second-order valence-electron chi connectivity index (χ2n) is 3.96. The van der Waals surface area contributed by atoms with Crippen LogP contribution < -0.4 is 10.1 Å². The van der Waals surface area contributed by atoms with Crippen molar-refractivity contribution >= 4 is 6.03 Å². The molecule has 1 N–H and O–H groups in total. The SMILES string of the molecule is CCN(C)C(=O)NC(C)c1ccc(OC)cc1. The molecule has 0 aliphatic rings. The third-order valence-corrected chi connectivity index (χ3v) is 2.78. The lowest BCUT2D eigenvalue weighted by Crippen LogP contribution is -2.38. The second-order valence-corrected chi connectivity index (χ2v) is 3.96. The summed E-state index contributed by atoms with van der Waals surface area (Å²) >= 11 is 0. The van der Waals surface area contributed by atoms with Gasteiger partial charge in [0.15, 0.2) is 0 Å². The number of urea groups is 1. The zero-order chi connectivity index (χ0) is 12.8. The predicted molar refractivity (Wildman–Crippen MR) is 68.2 cm³/mol. The van der Waals surface area contributed by atoms with Gasteiger partial charge in [0, 0.05) is 13.6 Å². The van der Waals surface area contributed by atoms with Gasteiger partial charge in [0.1, 0.15) is 5.75 Å². The number of amides is 2. The van der Waals surface area contributed by atoms with Crippen LogP contribution >= 0.6 is 0 Å². The van der Waals surface area contributed by atoms with Gasteiger partial charge in [-0.1, -0.05) is 12.1 Å². The van der Waals surface area contributed by atoms with Crippen LogP contribution in [-0.2, 0) is 0 Å². The number of carbonyl (C=O) groups is 1. The van der Waals surface area contributed by atoms with Crippen molar-refractivity contribution in [3.8, 4) is 5.75 Å². The smallest absolute Gasteiger partial charge is 0.317 e. The van der Waals surface area contributed by atoms with Crippen LogP contribution in [0, 0.1) is 0 Å². The molecule has 1 aromatic carbocycles. The number of nitrogens with one attached hydrogen (secondary N) is 1. The molecule has 0 heterocycles. The molecule has 0 radical (unpaired) electrons. The van der Waals surface area contributed by atoms with Crippen LogP contribution in [0.2, 0.25) is 0 Å². The topological polar surface area (TPSA) is 41.6 Å². The minimum absolute atomic E-state index is 0.0117. The predicted octanol–water partition coefficient (Wildman–Crippen LogP) is 2.42. The van der Waals surface area contributed by atoms with Gasteiger partial charge in [-0.2, -0.15) is 0 Å². The average Bonchev–Trinajstić information content (AvgIpc) is 2.37. The number of benzene rings is 1. The van der Waals surface area contributed by atoms with Crippen molar-refractivity contribution in [2.75, 3.05) is 20.7 Å². The lowest BCUT2D eigenvalue weighted by molar-refractivity contribution is 0.208. The van der Waals surface area contributed by atoms with Crippen LogP contribution in [-0.4, -0.2) is 31.6 Å². The number of rotatable bonds is 4. The Morgan fingerprint density at radius 3 is 2.47 bits per heavy atom. The van der Waals surface area contributed by atoms with Crippen molar-refractivity contribution in [1.29, 1.82) is 0 Å². The molecule has 1 rings (SSSR count). The largest absolute Gasteiger partial charge is 0.497 e. The van der Waals surface area contributed by atoms with Gasteiger partial charge in [0.2, 0.25) is 0 Å². The highest BCUT2D eigenvalue weighted by molar-refractivity contribution is 5.74. The second kappa shape index (κ2) is 6.13. The van der Waals surface area contributed by atoms with Crippen LogP contribution in [0.3, 0.4) is 0 Å². The quantitative estimate of drug-likeness (QED) is 0.872. The van der Waals surface area contributed by atoms with E-state index in [1.165, 1.54) is 0 Å². The molecule has 0 aliphatic heterocycles. The molecule has 4 nitrogen and oxygen atoms in total. The summed E-state index contributed by atoms with van der Waals surface area (Å²) in [5.41, 5.74) is 1.06. The van der Waals surface area contributed by atoms with Crippen LogP contribution in [0.5, 0.6) is 5.75 Å². The average molecular weight is 236 g/mol. The molecule has 0 aliphatic carbocycles. The molecule has 1 aromatic rings. The summed E-state index contributed by atoms with van der Waals surface area (Å²) in [6.07, 6.45) is 0. The lowest BCUT2D eigenvalue weighted by atomic mass is 10.1. The van der Waals surface area contributed by atoms with E-state index in [1.807, 2.05) is 38.1 Å². The maximum Gasteiger partial charge on any atom is 0.317 e. The van der Waals surface area contributed by atoms with E-state index >= 15 is 0 Å². The van der Waals surface area contributed by atoms with Crippen LogP contribution in [0.1, 0.15) is 25.5 Å². The summed E-state index contributed by atoms with van der Waals surface area (Å²) in [5, 5.41) is 2.93. The first-order valence-electron chi connectivity index (χ1n) is 5.74. The molecule has 0 saturated carbocycles. The molecule has 0 fully saturated rings. The summed E-state index contributed by atoms with van der Waals surface area (Å²) in [5.74, 6) is 0.818. The van der Waals surface area contributed by atoms with E-state index < -0.39 is 0 Å². The van der Waals surface area contributed by atoms with Crippen molar-refractivity contribution in [2.24, 2.45) is 0 Å². The Morgan fingerprint density at radius 2 is 2.00 bits per heavy atom. The number of carbonyl (C=O) groups excluding carboxylic acids is 1. The highest BCUT2D eigenvalue weighted by Gasteiger charge is 2.11. The van der Waals surface area contributed by atoms with Gasteiger partial charge in [-0.15, -0.1) is 0 Å². The van der Waals surface area contributed by atoms with Gasteiger partial charge in [-0.25, -0.2) is 4.79 Å². The summed E-state index contributed by atoms with van der Waals surface area (Å²) in [7, 11) is 3.41. The molecule has 1 atom stereocenters. The number of ether oxygens (including phenoxy) is 1. The molecule has 4 heteroatoms. The van der Waals surface area contributed by atoms with Gasteiger partial charge in [0.25, 0.3) is 0 Å². The molecule has 0 bridgehead atoms. The molecular weight excluding hydrogens is 216 g/mol. The van der Waals surface area contributed by atoms with E-state index in [0.717, 1.165) is 11.3 Å². The molecule has 0 spiro atoms. The molecule has 17 heavy (non-hydrogen) atoms. The van der Waals surface area contributed by atoms with Crippen molar-refractivity contribution in [1.82, 2.24) is 10.2 Å². The zero-order valence-corrected chi connectivity index (χ0v) is 10.9. The molecule has 94 valence electrons. The van der Waals surface area contributed by atoms with Gasteiger partial charge < -0.3 is 15.0 Å². The van der Waals surface area contributed by atoms with Crippen molar-refractivity contribution in [3.63, 3.8) is 0 Å². The summed E-state index contributed by atoms with van der Waals surface area (Å²) in [6.45, 7) is 4.60. The molecule has 1 unspecified atom stereocenters. The van der Waals surface area contributed by atoms with Crippen molar-refractivity contribution in [3.05, 3.63) is 29.8 Å². The van der Waals surface area contributed by atoms with E-state index in [-0.39, 0.29) is 12.1 Å². The number of nitrogens with zero attached hydrogens (tertiary/aromatic N) is 1. The van der Waals surface area contributed by atoms with E-state index in [9.17, 15) is 4.79 Å². The molecule has 2 amide bonds. The minimum Gasteiger partial charge on any atom is -0.497 e. The summed E-state index contributed by atoms with van der Waals surface area (Å²) in [4.78, 5) is 13.3. The van der Waals surface area contributed by atoms with Crippen LogP contribution in [0.25, 0.3) is 0 Å². The third-order valence-electron chi connectivity index (χ3n) is 2.78. The third kappa shape index (κ3) is 3.66. The highest BCUT2D eigenvalue weighted by atomic mass is 16.5. The van der Waals surface area contributed by atoms with Gasteiger partial charge in [0.05, 0.1) is 13.2 Å². The Morgan fingerprint density at radius 1 is 1.41 bits per heavy atom. The van der Waals surface area contributed by atoms with E-state index in [2.05, 4.69) is 5.32 Å². The Labute approximate surface area is 103 Å². The van der Waals surface area contributed by atoms with Crippen molar-refractivity contribution in [2.45, 2.75) is 19.9 Å². The number of hydrogen-bond acceptors (Lipinski definition) is 2. The zero-order valence-electron chi connectivity index (χ0n) is 10.9. The molecular formula is C13H20N2O2. The number of methoxy groups -OCH3 is 1. The Balaban J connectivity index is 2.63. The van der Waals surface area contributed by atoms with Gasteiger partial charge in [-0.3, -0.25) is 0 Å². The highest BCUT2D eigenvalue weighted by Crippen LogP contribution is 2.17. The van der Waals surface area contributed by atoms with E-state index in [1.54, 1.807) is 19.1 Å². The monoisotopic (exact) mass is 236 g/mol. The number of hydrogen-bond donors (Lipinski definition) is 1. The first-order chi connectivity index (χ1) is 8.08. The Kier molecular flexibility index (Phi) is 4.82. The fourth-order valence-corrected chi connectivity index (χ4v) is 1.41. The lowest BCUT2D eigenvalue weighted by Gasteiger charge is -2.20. The summed E-state index contributed by atoms with van der Waals surface area (Å²) in [6, 6.07) is 7.62. The fraction of sp³-hybridized carbons (Fsp3) is 0.462. The summed E-state index contributed by atoms with van der Waals surface area (Å²) < 4.78 is 5.09. The molecule has 0 saturated heterocycles. The Hall–Kier alpha value is -1.71. The fourth-order valence-electron chi connectivity index (χ4n) is 1.41. The molecule has 0 aromatic heterocycles. The minimum atomic E-state index is -0.0594. The van der Waals surface area contributed by atoms with Gasteiger partial charge in [-0.05, 0) is 31.5 Å². The van der Waals surface area contributed by atoms with Crippen molar-refractivity contribution < 1.29 is 9.53 Å². The normalized spacial score (nSPS) is 11.8. The van der Waals surface area contributed by atoms with Crippen LogP contribution in [0.4, 0.5) is 4.79 Å². The first-order valence-corrected chi connectivity index (χ1v) is 5.74. The van der Waals surface area contributed by atoms with E-state index in [0.29, 0.717) is 6.54 Å². The first kappa shape index (κ1) is 13.4.